The van der Waals surface area contributed by atoms with Crippen molar-refractivity contribution in [3.8, 4) is 0 Å². The molecule has 0 saturated carbocycles. The van der Waals surface area contributed by atoms with Crippen molar-refractivity contribution in [2.45, 2.75) is 38.6 Å². The van der Waals surface area contributed by atoms with Crippen LogP contribution < -0.4 is 5.73 Å². The van der Waals surface area contributed by atoms with E-state index < -0.39 is 0 Å². The van der Waals surface area contributed by atoms with Crippen LogP contribution in [0, 0.1) is 5.92 Å². The van der Waals surface area contributed by atoms with Crippen LogP contribution in [0.1, 0.15) is 31.5 Å². The summed E-state index contributed by atoms with van der Waals surface area (Å²) in [7, 11) is 0. The summed E-state index contributed by atoms with van der Waals surface area (Å²) in [6.07, 6.45) is 3.72. The molecule has 0 amide bonds. The maximum Gasteiger partial charge on any atom is 0.226 e. The molecule has 5 heteroatoms. The Morgan fingerprint density at radius 1 is 1.44 bits per heavy atom. The molecule has 2 N–H and O–H groups in total. The predicted octanol–water partition coefficient (Wildman–Crippen LogP) is 0.928. The second-order valence-corrected chi connectivity index (χ2v) is 4.55. The number of nitrogens with two attached hydrogens (primary N) is 1. The topological polar surface area (TPSA) is 74.2 Å². The molecule has 1 fully saturated rings. The molecular weight excluding hydrogens is 206 g/mol. The third kappa shape index (κ3) is 3.28. The first-order chi connectivity index (χ1) is 7.74. The molecule has 1 aromatic rings. The molecule has 1 aliphatic rings. The van der Waals surface area contributed by atoms with Crippen molar-refractivity contribution in [1.29, 1.82) is 0 Å². The first kappa shape index (κ1) is 11.5. The summed E-state index contributed by atoms with van der Waals surface area (Å²) in [4.78, 5) is 4.35. The van der Waals surface area contributed by atoms with Gasteiger partial charge >= 0.3 is 0 Å². The van der Waals surface area contributed by atoms with Crippen LogP contribution in [0.25, 0.3) is 0 Å². The molecule has 1 atom stereocenters. The van der Waals surface area contributed by atoms with Crippen molar-refractivity contribution < 1.29 is 9.26 Å². The zero-order chi connectivity index (χ0) is 11.4. The third-order valence-electron chi connectivity index (χ3n) is 2.82. The van der Waals surface area contributed by atoms with Gasteiger partial charge in [-0.25, -0.2) is 0 Å². The van der Waals surface area contributed by atoms with Crippen LogP contribution in [0.15, 0.2) is 4.52 Å². The average Bonchev–Trinajstić information content (AvgIpc) is 2.66. The Morgan fingerprint density at radius 3 is 2.88 bits per heavy atom. The van der Waals surface area contributed by atoms with Gasteiger partial charge in [0, 0.05) is 32.1 Å². The molecule has 2 heterocycles. The summed E-state index contributed by atoms with van der Waals surface area (Å²) in [5.41, 5.74) is 5.68. The van der Waals surface area contributed by atoms with E-state index in [1.54, 1.807) is 0 Å². The highest BCUT2D eigenvalue weighted by Crippen LogP contribution is 2.19. The largest absolute Gasteiger partial charge is 0.381 e. The third-order valence-corrected chi connectivity index (χ3v) is 2.82. The fourth-order valence-corrected chi connectivity index (χ4v) is 1.94. The summed E-state index contributed by atoms with van der Waals surface area (Å²) in [6, 6.07) is 0.0773. The average molecular weight is 225 g/mol. The molecule has 90 valence electrons. The van der Waals surface area contributed by atoms with Crippen LogP contribution >= 0.6 is 0 Å². The van der Waals surface area contributed by atoms with E-state index in [1.165, 1.54) is 0 Å². The summed E-state index contributed by atoms with van der Waals surface area (Å²) in [5, 5.41) is 3.92. The van der Waals surface area contributed by atoms with Crippen molar-refractivity contribution in [2.75, 3.05) is 13.2 Å². The van der Waals surface area contributed by atoms with E-state index in [2.05, 4.69) is 10.1 Å². The van der Waals surface area contributed by atoms with Crippen molar-refractivity contribution in [2.24, 2.45) is 11.7 Å². The maximum atomic E-state index is 5.68. The van der Waals surface area contributed by atoms with Gasteiger partial charge in [0.15, 0.2) is 5.82 Å². The quantitative estimate of drug-likeness (QED) is 0.825. The number of hydrogen-bond donors (Lipinski definition) is 1. The number of nitrogens with zero attached hydrogens (tertiary/aromatic N) is 2. The molecule has 1 saturated heterocycles. The molecule has 2 rings (SSSR count). The van der Waals surface area contributed by atoms with Crippen molar-refractivity contribution in [1.82, 2.24) is 10.1 Å². The summed E-state index contributed by atoms with van der Waals surface area (Å²) in [6.45, 7) is 3.64. The van der Waals surface area contributed by atoms with Crippen molar-refractivity contribution in [3.05, 3.63) is 11.7 Å². The SMILES string of the molecule is CC(N)Cc1noc(CC2CCOCC2)n1. The fourth-order valence-electron chi connectivity index (χ4n) is 1.94. The van der Waals surface area contributed by atoms with Crippen LogP contribution in [0.5, 0.6) is 0 Å². The Balaban J connectivity index is 1.86. The van der Waals surface area contributed by atoms with Gasteiger partial charge in [-0.05, 0) is 25.7 Å². The summed E-state index contributed by atoms with van der Waals surface area (Å²) < 4.78 is 10.5. The monoisotopic (exact) mass is 225 g/mol. The summed E-state index contributed by atoms with van der Waals surface area (Å²) >= 11 is 0. The number of hydrogen-bond acceptors (Lipinski definition) is 5. The highest BCUT2D eigenvalue weighted by Gasteiger charge is 2.18. The first-order valence-electron chi connectivity index (χ1n) is 5.89. The van der Waals surface area contributed by atoms with E-state index in [0.29, 0.717) is 12.3 Å². The minimum absolute atomic E-state index is 0.0773. The maximum absolute atomic E-state index is 5.68. The molecular formula is C11H19N3O2. The van der Waals surface area contributed by atoms with E-state index in [9.17, 15) is 0 Å². The highest BCUT2D eigenvalue weighted by molar-refractivity contribution is 4.90. The Hall–Kier alpha value is -0.940. The van der Waals surface area contributed by atoms with Gasteiger partial charge in [-0.2, -0.15) is 4.98 Å². The van der Waals surface area contributed by atoms with Crippen molar-refractivity contribution in [3.63, 3.8) is 0 Å². The fraction of sp³-hybridized carbons (Fsp3) is 0.818. The molecule has 0 aliphatic carbocycles. The minimum Gasteiger partial charge on any atom is -0.381 e. The van der Waals surface area contributed by atoms with E-state index >= 15 is 0 Å². The smallest absolute Gasteiger partial charge is 0.226 e. The lowest BCUT2D eigenvalue weighted by Crippen LogP contribution is -2.19. The van der Waals surface area contributed by atoms with Gasteiger partial charge < -0.3 is 15.0 Å². The highest BCUT2D eigenvalue weighted by atomic mass is 16.5. The molecule has 0 spiro atoms. The number of rotatable bonds is 4. The van der Waals surface area contributed by atoms with Gasteiger partial charge in [-0.1, -0.05) is 5.16 Å². The van der Waals surface area contributed by atoms with Crippen LogP contribution in [0.4, 0.5) is 0 Å². The Bertz CT molecular complexity index is 319. The molecule has 0 aromatic carbocycles. The van der Waals surface area contributed by atoms with Crippen molar-refractivity contribution >= 4 is 0 Å². The molecule has 1 aromatic heterocycles. The molecule has 0 bridgehead atoms. The van der Waals surface area contributed by atoms with E-state index in [1.807, 2.05) is 6.92 Å². The molecule has 1 aliphatic heterocycles. The van der Waals surface area contributed by atoms with Crippen LogP contribution in [0.3, 0.4) is 0 Å². The minimum atomic E-state index is 0.0773. The zero-order valence-electron chi connectivity index (χ0n) is 9.69. The molecule has 0 radical (unpaired) electrons. The van der Waals surface area contributed by atoms with Gasteiger partial charge in [0.05, 0.1) is 0 Å². The number of ether oxygens (including phenoxy) is 1. The molecule has 5 nitrogen and oxygen atoms in total. The zero-order valence-corrected chi connectivity index (χ0v) is 9.69. The second kappa shape index (κ2) is 5.41. The van der Waals surface area contributed by atoms with Crippen LogP contribution in [0.2, 0.25) is 0 Å². The Morgan fingerprint density at radius 2 is 2.19 bits per heavy atom. The van der Waals surface area contributed by atoms with Gasteiger partial charge in [-0.3, -0.25) is 0 Å². The van der Waals surface area contributed by atoms with Crippen LogP contribution in [-0.4, -0.2) is 29.4 Å². The molecule has 1 unspecified atom stereocenters. The normalized spacial score (nSPS) is 19.9. The Labute approximate surface area is 95.3 Å². The van der Waals surface area contributed by atoms with Gasteiger partial charge in [0.2, 0.25) is 5.89 Å². The number of aromatic nitrogens is 2. The van der Waals surface area contributed by atoms with E-state index in [4.69, 9.17) is 15.0 Å². The lowest BCUT2D eigenvalue weighted by Gasteiger charge is -2.19. The van der Waals surface area contributed by atoms with Gasteiger partial charge in [0.25, 0.3) is 0 Å². The van der Waals surface area contributed by atoms with E-state index in [0.717, 1.165) is 44.2 Å². The lowest BCUT2D eigenvalue weighted by molar-refractivity contribution is 0.0642. The second-order valence-electron chi connectivity index (χ2n) is 4.55. The van der Waals surface area contributed by atoms with Gasteiger partial charge in [-0.15, -0.1) is 0 Å². The Kier molecular flexibility index (Phi) is 3.90. The summed E-state index contributed by atoms with van der Waals surface area (Å²) in [5.74, 6) is 2.08. The van der Waals surface area contributed by atoms with Crippen LogP contribution in [-0.2, 0) is 17.6 Å². The molecule has 16 heavy (non-hydrogen) atoms. The lowest BCUT2D eigenvalue weighted by atomic mass is 9.97. The predicted molar refractivity (Wildman–Crippen MR) is 58.9 cm³/mol. The first-order valence-corrected chi connectivity index (χ1v) is 5.89. The van der Waals surface area contributed by atoms with Gasteiger partial charge in [0.1, 0.15) is 0 Å². The standard InChI is InChI=1S/C11H19N3O2/c1-8(12)6-10-13-11(16-14-10)7-9-2-4-15-5-3-9/h8-9H,2-7,12H2,1H3. The van der Waals surface area contributed by atoms with E-state index in [-0.39, 0.29) is 6.04 Å².